The first-order valence-electron chi connectivity index (χ1n) is 4.91. The first-order chi connectivity index (χ1) is 7.84. The molecule has 0 aliphatic carbocycles. The van der Waals surface area contributed by atoms with Crippen LogP contribution in [0.15, 0.2) is 36.7 Å². The van der Waals surface area contributed by atoms with E-state index in [1.807, 2.05) is 29.3 Å². The molecule has 0 bridgehead atoms. The van der Waals surface area contributed by atoms with Crippen LogP contribution in [0.1, 0.15) is 5.56 Å². The Bertz CT molecular complexity index is 484. The second-order valence-electron chi connectivity index (χ2n) is 3.51. The third kappa shape index (κ3) is 1.50. The third-order valence-electron chi connectivity index (χ3n) is 2.48. The summed E-state index contributed by atoms with van der Waals surface area (Å²) in [5, 5.41) is 1.84. The van der Waals surface area contributed by atoms with Crippen LogP contribution in [0.2, 0.25) is 0 Å². The highest BCUT2D eigenvalue weighted by Gasteiger charge is 2.21. The molecule has 0 atom stereocenters. The zero-order valence-electron chi connectivity index (χ0n) is 8.39. The normalized spacial score (nSPS) is 15.1. The SMILES string of the molecule is ClN1NN(c2ncc[nH]2)Cc2ccccc21. The molecular weight excluding hydrogens is 226 g/mol. The van der Waals surface area contributed by atoms with E-state index in [-0.39, 0.29) is 0 Å². The quantitative estimate of drug-likeness (QED) is 0.741. The Labute approximate surface area is 97.7 Å². The molecule has 0 amide bonds. The van der Waals surface area contributed by atoms with Gasteiger partial charge in [-0.15, -0.1) is 5.53 Å². The number of hydrazine groups is 2. The molecule has 2 heterocycles. The van der Waals surface area contributed by atoms with Crippen LogP contribution < -0.4 is 15.1 Å². The molecule has 1 aromatic carbocycles. The number of nitrogens with one attached hydrogen (secondary N) is 2. The number of rotatable bonds is 1. The van der Waals surface area contributed by atoms with Gasteiger partial charge in [-0.1, -0.05) is 18.2 Å². The van der Waals surface area contributed by atoms with Crippen molar-refractivity contribution in [1.29, 1.82) is 0 Å². The molecule has 0 radical (unpaired) electrons. The molecule has 2 aromatic rings. The first-order valence-corrected chi connectivity index (χ1v) is 5.25. The van der Waals surface area contributed by atoms with E-state index >= 15 is 0 Å². The van der Waals surface area contributed by atoms with Crippen LogP contribution in [0.3, 0.4) is 0 Å². The van der Waals surface area contributed by atoms with Crippen molar-refractivity contribution < 1.29 is 0 Å². The number of imidazole rings is 1. The number of anilines is 2. The molecule has 2 N–H and O–H groups in total. The summed E-state index contributed by atoms with van der Waals surface area (Å²) >= 11 is 6.10. The van der Waals surface area contributed by atoms with Crippen molar-refractivity contribution in [2.75, 3.05) is 9.54 Å². The van der Waals surface area contributed by atoms with E-state index in [0.29, 0.717) is 6.54 Å². The summed E-state index contributed by atoms with van der Waals surface area (Å²) in [6.07, 6.45) is 3.48. The topological polar surface area (TPSA) is 47.2 Å². The molecule has 1 aromatic heterocycles. The van der Waals surface area contributed by atoms with Crippen LogP contribution in [0.4, 0.5) is 11.6 Å². The monoisotopic (exact) mass is 235 g/mol. The summed E-state index contributed by atoms with van der Waals surface area (Å²) < 4.78 is 1.46. The predicted molar refractivity (Wildman–Crippen MR) is 62.7 cm³/mol. The highest BCUT2D eigenvalue weighted by Crippen LogP contribution is 2.27. The summed E-state index contributed by atoms with van der Waals surface area (Å²) in [6.45, 7) is 0.715. The number of para-hydroxylation sites is 1. The lowest BCUT2D eigenvalue weighted by Crippen LogP contribution is -2.49. The first kappa shape index (κ1) is 9.50. The molecule has 5 nitrogen and oxygen atoms in total. The van der Waals surface area contributed by atoms with Crippen LogP contribution in [0.5, 0.6) is 0 Å². The van der Waals surface area contributed by atoms with Crippen molar-refractivity contribution >= 4 is 23.4 Å². The molecule has 1 aliphatic heterocycles. The van der Waals surface area contributed by atoms with E-state index in [4.69, 9.17) is 11.8 Å². The lowest BCUT2D eigenvalue weighted by Gasteiger charge is -2.34. The van der Waals surface area contributed by atoms with Gasteiger partial charge in [0.1, 0.15) is 0 Å². The summed E-state index contributed by atoms with van der Waals surface area (Å²) in [4.78, 5) is 7.20. The maximum Gasteiger partial charge on any atom is 0.219 e. The number of nitrogens with zero attached hydrogens (tertiary/aromatic N) is 3. The van der Waals surface area contributed by atoms with Gasteiger partial charge in [0.25, 0.3) is 0 Å². The van der Waals surface area contributed by atoms with E-state index in [1.165, 1.54) is 4.53 Å². The zero-order chi connectivity index (χ0) is 11.0. The van der Waals surface area contributed by atoms with E-state index in [2.05, 4.69) is 15.5 Å². The van der Waals surface area contributed by atoms with E-state index in [1.54, 1.807) is 12.4 Å². The highest BCUT2D eigenvalue weighted by atomic mass is 35.5. The van der Waals surface area contributed by atoms with E-state index < -0.39 is 0 Å². The van der Waals surface area contributed by atoms with Gasteiger partial charge >= 0.3 is 0 Å². The number of hydrogen-bond donors (Lipinski definition) is 2. The van der Waals surface area contributed by atoms with Gasteiger partial charge in [-0.3, -0.25) is 5.01 Å². The van der Waals surface area contributed by atoms with Gasteiger partial charge in [0.2, 0.25) is 5.95 Å². The Morgan fingerprint density at radius 1 is 1.31 bits per heavy atom. The molecule has 3 rings (SSSR count). The fraction of sp³-hybridized carbons (Fsp3) is 0.100. The van der Waals surface area contributed by atoms with Gasteiger partial charge in [-0.25, -0.2) is 4.98 Å². The van der Waals surface area contributed by atoms with Gasteiger partial charge in [-0.05, 0) is 11.6 Å². The van der Waals surface area contributed by atoms with E-state index in [0.717, 1.165) is 17.2 Å². The van der Waals surface area contributed by atoms with Gasteiger partial charge < -0.3 is 4.98 Å². The van der Waals surface area contributed by atoms with Crippen LogP contribution in [0, 0.1) is 0 Å². The maximum absolute atomic E-state index is 6.10. The molecule has 0 saturated heterocycles. The van der Waals surface area contributed by atoms with Crippen molar-refractivity contribution in [3.63, 3.8) is 0 Å². The largest absolute Gasteiger partial charge is 0.330 e. The molecule has 0 saturated carbocycles. The standard InChI is InChI=1S/C10H10ClN5/c11-16-9-4-2-1-3-8(9)7-15(14-16)10-12-5-6-13-10/h1-6,14H,7H2,(H,12,13). The van der Waals surface area contributed by atoms with Crippen LogP contribution >= 0.6 is 11.8 Å². The number of hydrogen-bond acceptors (Lipinski definition) is 4. The smallest absolute Gasteiger partial charge is 0.219 e. The van der Waals surface area contributed by atoms with Gasteiger partial charge in [0.15, 0.2) is 0 Å². The average molecular weight is 236 g/mol. The molecule has 0 unspecified atom stereocenters. The van der Waals surface area contributed by atoms with Crippen LogP contribution in [-0.4, -0.2) is 9.97 Å². The lowest BCUT2D eigenvalue weighted by atomic mass is 10.1. The molecule has 0 spiro atoms. The Morgan fingerprint density at radius 2 is 2.19 bits per heavy atom. The summed E-state index contributed by atoms with van der Waals surface area (Å²) in [5.41, 5.74) is 5.12. The van der Waals surface area contributed by atoms with Crippen LogP contribution in [-0.2, 0) is 6.54 Å². The molecule has 6 heteroatoms. The Morgan fingerprint density at radius 3 is 3.00 bits per heavy atom. The van der Waals surface area contributed by atoms with Crippen molar-refractivity contribution in [1.82, 2.24) is 15.5 Å². The number of halogens is 1. The average Bonchev–Trinajstić information content (AvgIpc) is 2.82. The summed E-state index contributed by atoms with van der Waals surface area (Å²) in [7, 11) is 0. The Kier molecular flexibility index (Phi) is 2.19. The minimum absolute atomic E-state index is 0.715. The highest BCUT2D eigenvalue weighted by molar-refractivity contribution is 6.25. The van der Waals surface area contributed by atoms with Crippen molar-refractivity contribution in [3.8, 4) is 0 Å². The second kappa shape index (κ2) is 3.70. The van der Waals surface area contributed by atoms with Crippen molar-refractivity contribution in [2.24, 2.45) is 0 Å². The van der Waals surface area contributed by atoms with Crippen molar-refractivity contribution in [2.45, 2.75) is 6.54 Å². The van der Waals surface area contributed by atoms with Crippen molar-refractivity contribution in [3.05, 3.63) is 42.2 Å². The van der Waals surface area contributed by atoms with Gasteiger partial charge in [0, 0.05) is 24.2 Å². The van der Waals surface area contributed by atoms with E-state index in [9.17, 15) is 0 Å². The van der Waals surface area contributed by atoms with Gasteiger partial charge in [0.05, 0.1) is 12.2 Å². The third-order valence-corrected chi connectivity index (χ3v) is 2.74. The van der Waals surface area contributed by atoms with Crippen LogP contribution in [0.25, 0.3) is 0 Å². The molecule has 0 fully saturated rings. The number of H-pyrrole nitrogens is 1. The zero-order valence-corrected chi connectivity index (χ0v) is 9.15. The van der Waals surface area contributed by atoms with Gasteiger partial charge in [-0.2, -0.15) is 4.53 Å². The Hall–Kier alpha value is -1.72. The molecule has 16 heavy (non-hydrogen) atoms. The molecule has 1 aliphatic rings. The maximum atomic E-state index is 6.10. The summed E-state index contributed by atoms with van der Waals surface area (Å²) in [6, 6.07) is 7.96. The number of aromatic amines is 1. The fourth-order valence-electron chi connectivity index (χ4n) is 1.73. The number of fused-ring (bicyclic) bond motifs is 1. The predicted octanol–water partition coefficient (Wildman–Crippen LogP) is 1.81. The number of aromatic nitrogens is 2. The molecular formula is C10H10ClN5. The number of benzene rings is 1. The lowest BCUT2D eigenvalue weighted by molar-refractivity contribution is 0.609. The minimum Gasteiger partial charge on any atom is -0.330 e. The Balaban J connectivity index is 1.95. The molecule has 82 valence electrons. The fourth-order valence-corrected chi connectivity index (χ4v) is 1.98. The summed E-state index contributed by atoms with van der Waals surface area (Å²) in [5.74, 6) is 0.736. The minimum atomic E-state index is 0.715. The second-order valence-corrected chi connectivity index (χ2v) is 3.85.